The van der Waals surface area contributed by atoms with Crippen LogP contribution in [0.15, 0.2) is 5.16 Å². The van der Waals surface area contributed by atoms with Gasteiger partial charge in [0.15, 0.2) is 5.16 Å². The summed E-state index contributed by atoms with van der Waals surface area (Å²) in [6.07, 6.45) is 4.60. The van der Waals surface area contributed by atoms with Gasteiger partial charge in [-0.3, -0.25) is 0 Å². The number of rotatable bonds is 5. The number of ether oxygens (including phenoxy) is 1. The number of hydrogen-bond donors (Lipinski definition) is 1. The van der Waals surface area contributed by atoms with E-state index in [1.54, 1.807) is 11.8 Å². The molecule has 0 amide bonds. The molecule has 21 heavy (non-hydrogen) atoms. The first-order chi connectivity index (χ1) is 10.3. The molecule has 2 aliphatic heterocycles. The van der Waals surface area contributed by atoms with Crippen LogP contribution in [-0.2, 0) is 4.74 Å². The number of nitrogens with zero attached hydrogens (tertiary/aromatic N) is 4. The molecule has 0 saturated carbocycles. The van der Waals surface area contributed by atoms with Gasteiger partial charge < -0.3 is 15.0 Å². The van der Waals surface area contributed by atoms with Crippen LogP contribution < -0.4 is 10.2 Å². The summed E-state index contributed by atoms with van der Waals surface area (Å²) in [5.41, 5.74) is 0. The summed E-state index contributed by atoms with van der Waals surface area (Å²) in [4.78, 5) is 16.0. The first-order valence-electron chi connectivity index (χ1n) is 7.84. The number of aromatic nitrogens is 3. The maximum Gasteiger partial charge on any atom is 0.231 e. The second-order valence-corrected chi connectivity index (χ2v) is 6.66. The fourth-order valence-corrected chi connectivity index (χ4v) is 3.64. The lowest BCUT2D eigenvalue weighted by Crippen LogP contribution is -2.22. The van der Waals surface area contributed by atoms with E-state index in [1.165, 1.54) is 12.8 Å². The van der Waals surface area contributed by atoms with Crippen LogP contribution in [-0.4, -0.2) is 53.0 Å². The molecule has 2 aliphatic rings. The first-order valence-corrected chi connectivity index (χ1v) is 8.72. The predicted octanol–water partition coefficient (Wildman–Crippen LogP) is 2.17. The zero-order valence-electron chi connectivity index (χ0n) is 12.5. The van der Waals surface area contributed by atoms with Crippen LogP contribution >= 0.6 is 11.8 Å². The van der Waals surface area contributed by atoms with E-state index in [9.17, 15) is 0 Å². The summed E-state index contributed by atoms with van der Waals surface area (Å²) >= 11 is 1.77. The zero-order valence-corrected chi connectivity index (χ0v) is 13.4. The molecule has 1 aromatic rings. The highest BCUT2D eigenvalue weighted by Gasteiger charge is 2.20. The van der Waals surface area contributed by atoms with Crippen molar-refractivity contribution in [3.63, 3.8) is 0 Å². The third kappa shape index (κ3) is 3.97. The number of anilines is 2. The van der Waals surface area contributed by atoms with Crippen LogP contribution in [0.3, 0.4) is 0 Å². The third-order valence-corrected chi connectivity index (χ3v) is 4.97. The van der Waals surface area contributed by atoms with E-state index < -0.39 is 0 Å². The molecule has 0 atom stereocenters. The van der Waals surface area contributed by atoms with Crippen LogP contribution in [0.2, 0.25) is 0 Å². The zero-order chi connectivity index (χ0) is 14.5. The normalized spacial score (nSPS) is 20.0. The lowest BCUT2D eigenvalue weighted by Gasteiger charge is -2.21. The Hall–Kier alpha value is -1.08. The highest BCUT2D eigenvalue weighted by atomic mass is 32.2. The van der Waals surface area contributed by atoms with Crippen LogP contribution in [0.1, 0.15) is 32.6 Å². The van der Waals surface area contributed by atoms with Crippen molar-refractivity contribution in [2.45, 2.75) is 43.0 Å². The Labute approximate surface area is 130 Å². The van der Waals surface area contributed by atoms with E-state index in [0.29, 0.717) is 11.2 Å². The average molecular weight is 309 g/mol. The highest BCUT2D eigenvalue weighted by Crippen LogP contribution is 2.29. The molecular weight excluding hydrogens is 286 g/mol. The SMILES string of the molecule is CCNc1nc(SC2CCOCC2)nc(N2CCCC2)n1. The summed E-state index contributed by atoms with van der Waals surface area (Å²) in [5, 5.41) is 4.62. The summed E-state index contributed by atoms with van der Waals surface area (Å²) in [6, 6.07) is 0. The maximum absolute atomic E-state index is 5.42. The van der Waals surface area contributed by atoms with E-state index in [4.69, 9.17) is 4.74 Å². The van der Waals surface area contributed by atoms with Crippen molar-refractivity contribution in [2.24, 2.45) is 0 Å². The maximum atomic E-state index is 5.42. The van der Waals surface area contributed by atoms with Crippen molar-refractivity contribution in [1.82, 2.24) is 15.0 Å². The molecule has 0 spiro atoms. The Kier molecular flexibility index (Phi) is 5.13. The molecule has 0 bridgehead atoms. The minimum Gasteiger partial charge on any atom is -0.381 e. The fourth-order valence-electron chi connectivity index (χ4n) is 2.64. The van der Waals surface area contributed by atoms with Gasteiger partial charge in [-0.15, -0.1) is 0 Å². The quantitative estimate of drug-likeness (QED) is 0.894. The largest absolute Gasteiger partial charge is 0.381 e. The molecular formula is C14H23N5OS. The van der Waals surface area contributed by atoms with Gasteiger partial charge in [-0.2, -0.15) is 15.0 Å². The van der Waals surface area contributed by atoms with E-state index in [-0.39, 0.29) is 0 Å². The molecule has 7 heteroatoms. The van der Waals surface area contributed by atoms with E-state index >= 15 is 0 Å². The van der Waals surface area contributed by atoms with Gasteiger partial charge in [0.05, 0.1) is 0 Å². The molecule has 0 unspecified atom stereocenters. The molecule has 1 N–H and O–H groups in total. The summed E-state index contributed by atoms with van der Waals surface area (Å²) < 4.78 is 5.42. The smallest absolute Gasteiger partial charge is 0.231 e. The third-order valence-electron chi connectivity index (χ3n) is 3.77. The van der Waals surface area contributed by atoms with Gasteiger partial charge in [-0.05, 0) is 32.6 Å². The molecule has 0 aliphatic carbocycles. The van der Waals surface area contributed by atoms with Crippen molar-refractivity contribution in [2.75, 3.05) is 43.1 Å². The Morgan fingerprint density at radius 3 is 2.67 bits per heavy atom. The van der Waals surface area contributed by atoms with Crippen LogP contribution in [0.4, 0.5) is 11.9 Å². The van der Waals surface area contributed by atoms with Crippen LogP contribution in [0.5, 0.6) is 0 Å². The second kappa shape index (κ2) is 7.26. The van der Waals surface area contributed by atoms with Gasteiger partial charge in [0.1, 0.15) is 0 Å². The van der Waals surface area contributed by atoms with Crippen molar-refractivity contribution in [1.29, 1.82) is 0 Å². The molecule has 3 heterocycles. The van der Waals surface area contributed by atoms with Gasteiger partial charge in [-0.25, -0.2) is 0 Å². The van der Waals surface area contributed by atoms with Crippen molar-refractivity contribution < 1.29 is 4.74 Å². The van der Waals surface area contributed by atoms with Gasteiger partial charge in [0.25, 0.3) is 0 Å². The molecule has 1 aromatic heterocycles. The minimum atomic E-state index is 0.557. The first kappa shape index (κ1) is 14.8. The molecule has 116 valence electrons. The monoisotopic (exact) mass is 309 g/mol. The fraction of sp³-hybridized carbons (Fsp3) is 0.786. The lowest BCUT2D eigenvalue weighted by atomic mass is 10.2. The van der Waals surface area contributed by atoms with Gasteiger partial charge in [-0.1, -0.05) is 11.8 Å². The molecule has 2 saturated heterocycles. The standard InChI is InChI=1S/C14H23N5OS/c1-2-15-12-16-13(19-7-3-4-8-19)18-14(17-12)21-11-5-9-20-10-6-11/h11H,2-10H2,1H3,(H,15,16,17,18). The lowest BCUT2D eigenvalue weighted by molar-refractivity contribution is 0.1000. The predicted molar refractivity (Wildman–Crippen MR) is 85.1 cm³/mol. The van der Waals surface area contributed by atoms with E-state index in [2.05, 4.69) is 32.1 Å². The molecule has 2 fully saturated rings. The highest BCUT2D eigenvalue weighted by molar-refractivity contribution is 7.99. The second-order valence-electron chi connectivity index (χ2n) is 5.40. The molecule has 0 aromatic carbocycles. The topological polar surface area (TPSA) is 63.2 Å². The summed E-state index contributed by atoms with van der Waals surface area (Å²) in [6.45, 7) is 6.69. The Morgan fingerprint density at radius 2 is 1.95 bits per heavy atom. The van der Waals surface area contributed by atoms with Crippen molar-refractivity contribution in [3.8, 4) is 0 Å². The Bertz CT molecular complexity index is 461. The number of thioether (sulfide) groups is 1. The number of nitrogens with one attached hydrogen (secondary N) is 1. The van der Waals surface area contributed by atoms with Gasteiger partial charge in [0.2, 0.25) is 11.9 Å². The van der Waals surface area contributed by atoms with Gasteiger partial charge in [0, 0.05) is 38.1 Å². The molecule has 6 nitrogen and oxygen atoms in total. The van der Waals surface area contributed by atoms with Crippen molar-refractivity contribution >= 4 is 23.7 Å². The van der Waals surface area contributed by atoms with E-state index in [1.807, 2.05) is 0 Å². The van der Waals surface area contributed by atoms with Gasteiger partial charge >= 0.3 is 0 Å². The van der Waals surface area contributed by atoms with Crippen LogP contribution in [0.25, 0.3) is 0 Å². The summed E-state index contributed by atoms with van der Waals surface area (Å²) in [5.74, 6) is 1.52. The minimum absolute atomic E-state index is 0.557. The Balaban J connectivity index is 1.76. The van der Waals surface area contributed by atoms with Crippen molar-refractivity contribution in [3.05, 3.63) is 0 Å². The summed E-state index contributed by atoms with van der Waals surface area (Å²) in [7, 11) is 0. The van der Waals surface area contributed by atoms with E-state index in [0.717, 1.165) is 56.8 Å². The average Bonchev–Trinajstić information content (AvgIpc) is 3.03. The Morgan fingerprint density at radius 1 is 1.19 bits per heavy atom. The molecule has 3 rings (SSSR count). The number of hydrogen-bond acceptors (Lipinski definition) is 7. The molecule has 0 radical (unpaired) electrons. The van der Waals surface area contributed by atoms with Crippen LogP contribution in [0, 0.1) is 0 Å².